The van der Waals surface area contributed by atoms with Crippen LogP contribution in [0.4, 0.5) is 13.2 Å². The van der Waals surface area contributed by atoms with Gasteiger partial charge in [0.05, 0.1) is 6.61 Å². The van der Waals surface area contributed by atoms with Crippen LogP contribution in [0, 0.1) is 23.2 Å². The Morgan fingerprint density at radius 3 is 2.22 bits per heavy atom. The third-order valence-electron chi connectivity index (χ3n) is 7.28. The summed E-state index contributed by atoms with van der Waals surface area (Å²) in [5.41, 5.74) is -6.20. The van der Waals surface area contributed by atoms with Crippen LogP contribution in [0.5, 0.6) is 0 Å². The molecule has 0 radical (unpaired) electrons. The second kappa shape index (κ2) is 10.5. The summed E-state index contributed by atoms with van der Waals surface area (Å²) in [7, 11) is -6.44. The first kappa shape index (κ1) is 31.0. The van der Waals surface area contributed by atoms with Crippen molar-refractivity contribution in [1.82, 2.24) is 0 Å². The highest BCUT2D eigenvalue weighted by molar-refractivity contribution is 7.87. The highest BCUT2D eigenvalue weighted by Crippen LogP contribution is 2.54. The van der Waals surface area contributed by atoms with E-state index >= 15 is 0 Å². The number of Topliss-reactive ketones (excluding diaryl/α,β-unsaturated/α-hetero) is 1. The van der Waals surface area contributed by atoms with Gasteiger partial charge in [-0.1, -0.05) is 26.8 Å². The molecule has 0 heterocycles. The Kier molecular flexibility index (Phi) is 9.08. The smallest absolute Gasteiger partial charge is 0.406 e. The van der Waals surface area contributed by atoms with Gasteiger partial charge in [0.15, 0.2) is 8.32 Å². The molecule has 4 atom stereocenters. The lowest BCUT2D eigenvalue weighted by Gasteiger charge is -2.40. The summed E-state index contributed by atoms with van der Waals surface area (Å²) in [5.74, 6) is -0.946. The largest absolute Gasteiger partial charge is 0.534 e. The molecule has 2 rings (SSSR count). The number of hydrogen-bond acceptors (Lipinski definition) is 6. The van der Waals surface area contributed by atoms with Crippen LogP contribution in [0.25, 0.3) is 0 Å². The van der Waals surface area contributed by atoms with E-state index in [4.69, 9.17) is 13.3 Å². The first-order chi connectivity index (χ1) is 16.2. The monoisotopic (exact) mass is 554 g/mol. The Hall–Kier alpha value is -1.17. The highest BCUT2D eigenvalue weighted by Gasteiger charge is 2.54. The van der Waals surface area contributed by atoms with E-state index in [1.165, 1.54) is 6.92 Å². The predicted octanol–water partition coefficient (Wildman–Crippen LogP) is 6.36. The average molecular weight is 555 g/mol. The molecule has 0 amide bonds. The minimum atomic E-state index is -5.85. The van der Waals surface area contributed by atoms with Crippen molar-refractivity contribution < 1.29 is 39.7 Å². The number of hydrogen-bond donors (Lipinski definition) is 0. The van der Waals surface area contributed by atoms with Gasteiger partial charge < -0.3 is 13.3 Å². The van der Waals surface area contributed by atoms with Crippen molar-refractivity contribution in [2.75, 3.05) is 13.7 Å². The molecule has 0 saturated heterocycles. The van der Waals surface area contributed by atoms with Crippen LogP contribution in [0.3, 0.4) is 0 Å². The number of alkyl halides is 3. The van der Waals surface area contributed by atoms with Gasteiger partial charge in [-0.05, 0) is 82.2 Å². The van der Waals surface area contributed by atoms with Crippen molar-refractivity contribution >= 4 is 24.2 Å². The Morgan fingerprint density at radius 1 is 1.19 bits per heavy atom. The third-order valence-corrected chi connectivity index (χ3v) is 9.24. The molecule has 36 heavy (non-hydrogen) atoms. The molecule has 2 aliphatic carbocycles. The molecule has 0 aromatic carbocycles. The van der Waals surface area contributed by atoms with Crippen molar-refractivity contribution in [3.63, 3.8) is 0 Å². The number of ether oxygens (including phenoxy) is 1. The summed E-state index contributed by atoms with van der Waals surface area (Å²) in [5, 5.41) is 0. The SMILES string of the molecule is COC[C@@]1(O[Si](C)(C)C)CC[C@@H]([C@@H](C)C(C)=O)C1=C[C@@]1(C)CCC(C(C)C)=C1OS(=O)(=O)C(F)(F)F. The van der Waals surface area contributed by atoms with Crippen LogP contribution in [-0.4, -0.2) is 47.3 Å². The molecule has 6 nitrogen and oxygen atoms in total. The number of ketones is 1. The van der Waals surface area contributed by atoms with Crippen molar-refractivity contribution in [2.45, 2.75) is 91.1 Å². The van der Waals surface area contributed by atoms with Crippen molar-refractivity contribution in [1.29, 1.82) is 0 Å². The van der Waals surface area contributed by atoms with Crippen LogP contribution in [-0.2, 0) is 28.3 Å². The van der Waals surface area contributed by atoms with E-state index in [1.807, 2.05) is 32.6 Å². The lowest BCUT2D eigenvalue weighted by Crippen LogP contribution is -2.46. The summed E-state index contributed by atoms with van der Waals surface area (Å²) < 4.78 is 81.3. The fourth-order valence-electron chi connectivity index (χ4n) is 5.51. The zero-order valence-electron chi connectivity index (χ0n) is 22.8. The second-order valence-electron chi connectivity index (χ2n) is 11.7. The molecule has 0 spiro atoms. The van der Waals surface area contributed by atoms with Gasteiger partial charge in [0.25, 0.3) is 0 Å². The molecule has 2 aliphatic rings. The maximum atomic E-state index is 13.3. The maximum absolute atomic E-state index is 13.3. The van der Waals surface area contributed by atoms with E-state index < -0.39 is 35.0 Å². The number of carbonyl (C=O) groups is 1. The quantitative estimate of drug-likeness (QED) is 0.135. The molecule has 1 fully saturated rings. The average Bonchev–Trinajstić information content (AvgIpc) is 3.17. The number of methoxy groups -OCH3 is 1. The van der Waals surface area contributed by atoms with Gasteiger partial charge in [-0.25, -0.2) is 0 Å². The molecule has 0 aromatic heterocycles. The molecular formula is C25H41F3O6SSi. The summed E-state index contributed by atoms with van der Waals surface area (Å²) in [6.45, 7) is 15.0. The minimum absolute atomic E-state index is 0.00164. The van der Waals surface area contributed by atoms with Gasteiger partial charge in [-0.15, -0.1) is 0 Å². The fraction of sp³-hybridized carbons (Fsp3) is 0.800. The Labute approximate surface area is 214 Å². The van der Waals surface area contributed by atoms with E-state index in [0.717, 1.165) is 5.57 Å². The van der Waals surface area contributed by atoms with Gasteiger partial charge in [0.1, 0.15) is 17.1 Å². The first-order valence-electron chi connectivity index (χ1n) is 12.4. The van der Waals surface area contributed by atoms with Gasteiger partial charge in [0, 0.05) is 18.4 Å². The standard InChI is InChI=1S/C25H41F3O6SSi/c1-16(2)19-10-12-23(5,22(19)33-35(30,31)25(26,27)28)14-21-20(17(3)18(4)29)11-13-24(21,15-32-6)34-36(7,8)9/h14,16-17,20H,10-13,15H2,1-9H3/t17-,20-,23+,24-/m0/s1. The van der Waals surface area contributed by atoms with Gasteiger partial charge >= 0.3 is 15.6 Å². The van der Waals surface area contributed by atoms with Crippen molar-refractivity contribution in [3.05, 3.63) is 23.0 Å². The van der Waals surface area contributed by atoms with E-state index in [1.54, 1.807) is 27.9 Å². The molecule has 11 heteroatoms. The van der Waals surface area contributed by atoms with Crippen LogP contribution in [0.2, 0.25) is 19.6 Å². The lowest BCUT2D eigenvalue weighted by molar-refractivity contribution is -0.121. The zero-order chi connectivity index (χ0) is 27.9. The van der Waals surface area contributed by atoms with Crippen LogP contribution in [0.1, 0.15) is 60.3 Å². The van der Waals surface area contributed by atoms with E-state index in [0.29, 0.717) is 31.3 Å². The zero-order valence-corrected chi connectivity index (χ0v) is 24.7. The molecule has 0 N–H and O–H groups in total. The van der Waals surface area contributed by atoms with Gasteiger partial charge in [0.2, 0.25) is 0 Å². The number of allylic oxidation sites excluding steroid dienone is 2. The summed E-state index contributed by atoms with van der Waals surface area (Å²) >= 11 is 0. The van der Waals surface area contributed by atoms with Gasteiger partial charge in [-0.2, -0.15) is 21.6 Å². The summed E-state index contributed by atoms with van der Waals surface area (Å²) in [6.07, 6.45) is 3.85. The van der Waals surface area contributed by atoms with E-state index in [9.17, 15) is 26.4 Å². The van der Waals surface area contributed by atoms with E-state index in [2.05, 4.69) is 0 Å². The number of carbonyl (C=O) groups excluding carboxylic acids is 1. The Morgan fingerprint density at radius 2 is 1.78 bits per heavy atom. The Balaban J connectivity index is 2.78. The normalized spacial score (nSPS) is 29.9. The summed E-state index contributed by atoms with van der Waals surface area (Å²) in [4.78, 5) is 12.4. The van der Waals surface area contributed by atoms with E-state index in [-0.39, 0.29) is 35.9 Å². The topological polar surface area (TPSA) is 78.9 Å². The van der Waals surface area contributed by atoms with Crippen LogP contribution < -0.4 is 0 Å². The first-order valence-corrected chi connectivity index (χ1v) is 17.2. The highest BCUT2D eigenvalue weighted by atomic mass is 32.2. The molecule has 0 aliphatic heterocycles. The lowest BCUT2D eigenvalue weighted by atomic mass is 9.77. The second-order valence-corrected chi connectivity index (χ2v) is 17.7. The number of halogens is 3. The third kappa shape index (κ3) is 6.45. The molecule has 0 unspecified atom stereocenters. The molecule has 0 aromatic rings. The van der Waals surface area contributed by atoms with Crippen LogP contribution in [0.15, 0.2) is 23.0 Å². The molecular weight excluding hydrogens is 513 g/mol. The fourth-order valence-corrected chi connectivity index (χ4v) is 7.57. The minimum Gasteiger partial charge on any atom is -0.406 e. The van der Waals surface area contributed by atoms with Gasteiger partial charge in [-0.3, -0.25) is 4.79 Å². The Bertz CT molecular complexity index is 1010. The maximum Gasteiger partial charge on any atom is 0.534 e. The summed E-state index contributed by atoms with van der Waals surface area (Å²) in [6, 6.07) is 0. The number of rotatable bonds is 10. The van der Waals surface area contributed by atoms with Crippen molar-refractivity contribution in [3.8, 4) is 0 Å². The van der Waals surface area contributed by atoms with Crippen LogP contribution >= 0.6 is 0 Å². The molecule has 1 saturated carbocycles. The molecule has 0 bridgehead atoms. The van der Waals surface area contributed by atoms with Crippen molar-refractivity contribution in [2.24, 2.45) is 23.2 Å². The predicted molar refractivity (Wildman–Crippen MR) is 135 cm³/mol. The molecule has 208 valence electrons.